The van der Waals surface area contributed by atoms with E-state index in [1.165, 1.54) is 0 Å². The Morgan fingerprint density at radius 3 is 2.25 bits per heavy atom. The van der Waals surface area contributed by atoms with Gasteiger partial charge in [0.15, 0.2) is 5.78 Å². The van der Waals surface area contributed by atoms with E-state index < -0.39 is 0 Å². The normalized spacial score (nSPS) is 10.9. The van der Waals surface area contributed by atoms with E-state index in [9.17, 15) is 19.8 Å². The van der Waals surface area contributed by atoms with Crippen molar-refractivity contribution in [2.75, 3.05) is 18.9 Å². The van der Waals surface area contributed by atoms with Crippen molar-refractivity contribution in [2.24, 2.45) is 0 Å². The van der Waals surface area contributed by atoms with Crippen molar-refractivity contribution in [2.45, 2.75) is 26.6 Å². The zero-order valence-electron chi connectivity index (χ0n) is 20.2. The van der Waals surface area contributed by atoms with Crippen molar-refractivity contribution in [3.05, 3.63) is 88.5 Å². The van der Waals surface area contributed by atoms with Crippen LogP contribution >= 0.6 is 0 Å². The van der Waals surface area contributed by atoms with Gasteiger partial charge >= 0.3 is 0 Å². The summed E-state index contributed by atoms with van der Waals surface area (Å²) in [6.07, 6.45) is 0.187. The minimum absolute atomic E-state index is 0.0618. The third-order valence-electron chi connectivity index (χ3n) is 5.95. The quantitative estimate of drug-likeness (QED) is 0.268. The van der Waals surface area contributed by atoms with Crippen molar-refractivity contribution in [1.82, 2.24) is 15.3 Å². The maximum atomic E-state index is 12.9. The van der Waals surface area contributed by atoms with E-state index in [-0.39, 0.29) is 31.3 Å². The van der Waals surface area contributed by atoms with Gasteiger partial charge < -0.3 is 20.8 Å². The monoisotopic (exact) mass is 484 g/mol. The molecule has 0 aliphatic carbocycles. The van der Waals surface area contributed by atoms with Crippen molar-refractivity contribution >= 4 is 28.5 Å². The summed E-state index contributed by atoms with van der Waals surface area (Å²) in [5, 5.41) is 25.9. The predicted molar refractivity (Wildman–Crippen MR) is 139 cm³/mol. The highest BCUT2D eigenvalue weighted by atomic mass is 16.3. The van der Waals surface area contributed by atoms with Crippen LogP contribution in [0.5, 0.6) is 0 Å². The molecule has 36 heavy (non-hydrogen) atoms. The highest BCUT2D eigenvalue weighted by Crippen LogP contribution is 2.30. The fourth-order valence-electron chi connectivity index (χ4n) is 4.08. The maximum Gasteiger partial charge on any atom is 0.251 e. The lowest BCUT2D eigenvalue weighted by atomic mass is 9.97. The number of aromatic nitrogens is 2. The number of nitrogens with zero attached hydrogens (tertiary/aromatic N) is 2. The molecule has 0 atom stereocenters. The molecule has 8 heteroatoms. The minimum Gasteiger partial charge on any atom is -0.392 e. The van der Waals surface area contributed by atoms with Gasteiger partial charge in [-0.1, -0.05) is 30.3 Å². The molecular formula is C28H28N4O4. The lowest BCUT2D eigenvalue weighted by Crippen LogP contribution is -2.22. The zero-order valence-corrected chi connectivity index (χ0v) is 20.2. The number of aliphatic hydroxyl groups excluding tert-OH is 2. The number of aliphatic hydroxyl groups is 2. The highest BCUT2D eigenvalue weighted by molar-refractivity contribution is 6.00. The highest BCUT2D eigenvalue weighted by Gasteiger charge is 2.15. The van der Waals surface area contributed by atoms with Crippen LogP contribution in [0.1, 0.15) is 44.3 Å². The third kappa shape index (κ3) is 5.25. The van der Waals surface area contributed by atoms with E-state index in [1.807, 2.05) is 31.2 Å². The number of carbonyl (C=O) groups is 2. The summed E-state index contributed by atoms with van der Waals surface area (Å²) in [7, 11) is 1.73. The molecule has 4 aromatic rings. The number of Topliss-reactive ketones (excluding diaryl/α,β-unsaturated/α-hetero) is 1. The average molecular weight is 485 g/mol. The Hall–Kier alpha value is -4.14. The first kappa shape index (κ1) is 25.0. The molecule has 0 aliphatic rings. The molecule has 0 spiro atoms. The number of hydrogen-bond acceptors (Lipinski definition) is 7. The molecule has 8 nitrogen and oxygen atoms in total. The van der Waals surface area contributed by atoms with Gasteiger partial charge in [-0.3, -0.25) is 9.59 Å². The van der Waals surface area contributed by atoms with Gasteiger partial charge in [-0.15, -0.1) is 0 Å². The van der Waals surface area contributed by atoms with Gasteiger partial charge in [-0.2, -0.15) is 0 Å². The standard InChI is InChI=1S/C28H28N4O4/c1-3-30-27(36)19-9-7-18(8-10-19)25(35)12-17-5-4-6-20(11-17)26-23-13-21(15-33)22(16-34)14-24(23)31-28(29-2)32-26/h4-11,13-14,33-34H,3,12,15-16H2,1-2H3,(H,30,36)(H,29,31,32). The van der Waals surface area contributed by atoms with E-state index >= 15 is 0 Å². The van der Waals surface area contributed by atoms with E-state index in [0.717, 1.165) is 16.5 Å². The molecule has 0 bridgehead atoms. The number of carbonyl (C=O) groups excluding carboxylic acids is 2. The SMILES string of the molecule is CCNC(=O)c1ccc(C(=O)Cc2cccc(-c3nc(NC)nc4cc(CO)c(CO)cc34)c2)cc1. The first-order valence-corrected chi connectivity index (χ1v) is 11.7. The largest absolute Gasteiger partial charge is 0.392 e. The van der Waals surface area contributed by atoms with Crippen molar-refractivity contribution in [3.63, 3.8) is 0 Å². The summed E-state index contributed by atoms with van der Waals surface area (Å²) in [5.74, 6) is 0.192. The Balaban J connectivity index is 1.66. The molecule has 4 rings (SSSR count). The van der Waals surface area contributed by atoms with Gasteiger partial charge in [-0.25, -0.2) is 9.97 Å². The first-order valence-electron chi connectivity index (χ1n) is 11.7. The number of benzene rings is 3. The Bertz CT molecular complexity index is 1420. The average Bonchev–Trinajstić information content (AvgIpc) is 2.91. The molecule has 0 radical (unpaired) electrons. The van der Waals surface area contributed by atoms with Crippen LogP contribution in [0.15, 0.2) is 60.7 Å². The van der Waals surface area contributed by atoms with Crippen molar-refractivity contribution in [1.29, 1.82) is 0 Å². The smallest absolute Gasteiger partial charge is 0.251 e. The maximum absolute atomic E-state index is 12.9. The summed E-state index contributed by atoms with van der Waals surface area (Å²) < 4.78 is 0. The molecular weight excluding hydrogens is 456 g/mol. The number of rotatable bonds is 9. The summed E-state index contributed by atoms with van der Waals surface area (Å²) >= 11 is 0. The van der Waals surface area contributed by atoms with Gasteiger partial charge in [0.05, 0.1) is 24.4 Å². The first-order chi connectivity index (χ1) is 17.5. The summed E-state index contributed by atoms with van der Waals surface area (Å²) in [4.78, 5) is 34.1. The molecule has 3 aromatic carbocycles. The Labute approximate surface area is 209 Å². The number of ketones is 1. The fraction of sp³-hybridized carbons (Fsp3) is 0.214. The number of fused-ring (bicyclic) bond motifs is 1. The van der Waals surface area contributed by atoms with Crippen LogP contribution in [0.2, 0.25) is 0 Å². The molecule has 0 saturated heterocycles. The van der Waals surface area contributed by atoms with Crippen molar-refractivity contribution < 1.29 is 19.8 Å². The van der Waals surface area contributed by atoms with Crippen LogP contribution < -0.4 is 10.6 Å². The topological polar surface area (TPSA) is 124 Å². The molecule has 0 unspecified atom stereocenters. The van der Waals surface area contributed by atoms with Crippen molar-refractivity contribution in [3.8, 4) is 11.3 Å². The molecule has 1 heterocycles. The predicted octanol–water partition coefficient (Wildman–Crippen LogP) is 3.50. The van der Waals surface area contributed by atoms with Crippen LogP contribution in [0.25, 0.3) is 22.2 Å². The van der Waals surface area contributed by atoms with Crippen LogP contribution in [-0.4, -0.2) is 45.5 Å². The van der Waals surface area contributed by atoms with Gasteiger partial charge in [0.1, 0.15) is 0 Å². The summed E-state index contributed by atoms with van der Waals surface area (Å²) in [5.41, 5.74) is 5.17. The summed E-state index contributed by atoms with van der Waals surface area (Å²) in [6.45, 7) is 1.97. The van der Waals surface area contributed by atoms with Gasteiger partial charge in [0, 0.05) is 42.1 Å². The molecule has 1 amide bonds. The second kappa shape index (κ2) is 11.1. The number of hydrogen-bond donors (Lipinski definition) is 4. The second-order valence-electron chi connectivity index (χ2n) is 8.34. The Morgan fingerprint density at radius 1 is 0.889 bits per heavy atom. The van der Waals surface area contributed by atoms with Crippen LogP contribution in [0.4, 0.5) is 5.95 Å². The number of amides is 1. The van der Waals surface area contributed by atoms with E-state index in [4.69, 9.17) is 0 Å². The van der Waals surface area contributed by atoms with Gasteiger partial charge in [0.2, 0.25) is 5.95 Å². The third-order valence-corrected chi connectivity index (χ3v) is 5.95. The number of anilines is 1. The lowest BCUT2D eigenvalue weighted by Gasteiger charge is -2.13. The zero-order chi connectivity index (χ0) is 25.7. The Morgan fingerprint density at radius 2 is 1.58 bits per heavy atom. The summed E-state index contributed by atoms with van der Waals surface area (Å²) in [6, 6.07) is 17.8. The second-order valence-corrected chi connectivity index (χ2v) is 8.34. The molecule has 184 valence electrons. The lowest BCUT2D eigenvalue weighted by molar-refractivity contribution is 0.0952. The molecule has 0 aliphatic heterocycles. The van der Waals surface area contributed by atoms with Crippen LogP contribution in [-0.2, 0) is 19.6 Å². The number of nitrogens with one attached hydrogen (secondary N) is 2. The molecule has 4 N–H and O–H groups in total. The minimum atomic E-state index is -0.216. The molecule has 0 saturated carbocycles. The van der Waals surface area contributed by atoms with Crippen LogP contribution in [0.3, 0.4) is 0 Å². The molecule has 0 fully saturated rings. The van der Waals surface area contributed by atoms with E-state index in [0.29, 0.717) is 46.0 Å². The van der Waals surface area contributed by atoms with Crippen LogP contribution in [0, 0.1) is 0 Å². The Kier molecular flexibility index (Phi) is 7.68. The molecule has 1 aromatic heterocycles. The fourth-order valence-corrected chi connectivity index (χ4v) is 4.08. The van der Waals surface area contributed by atoms with E-state index in [1.54, 1.807) is 43.4 Å². The van der Waals surface area contributed by atoms with E-state index in [2.05, 4.69) is 20.6 Å². The van der Waals surface area contributed by atoms with Gasteiger partial charge in [-0.05, 0) is 53.9 Å². The van der Waals surface area contributed by atoms with Gasteiger partial charge in [0.25, 0.3) is 5.91 Å².